The van der Waals surface area contributed by atoms with Gasteiger partial charge in [-0.3, -0.25) is 0 Å². The Morgan fingerprint density at radius 3 is 2.48 bits per heavy atom. The summed E-state index contributed by atoms with van der Waals surface area (Å²) in [5.41, 5.74) is -1.74. The van der Waals surface area contributed by atoms with Crippen molar-refractivity contribution >= 4 is 11.6 Å². The Hall–Kier alpha value is -2.33. The smallest absolute Gasteiger partial charge is 0.459 e. The van der Waals surface area contributed by atoms with Gasteiger partial charge in [0.25, 0.3) is 5.82 Å². The SMILES string of the molecule is CCOC(=O)c1nnc2ccc(C(F)(F)C(F)(F)F)nn12. The fourth-order valence-electron chi connectivity index (χ4n) is 1.42. The second-order valence-electron chi connectivity index (χ2n) is 3.80. The number of esters is 1. The first-order valence-electron chi connectivity index (χ1n) is 5.53. The molecule has 0 atom stereocenters. The van der Waals surface area contributed by atoms with E-state index in [0.29, 0.717) is 10.6 Å². The molecule has 2 aromatic heterocycles. The normalized spacial score (nSPS) is 12.7. The number of fused-ring (bicyclic) bond motifs is 1. The molecule has 0 N–H and O–H groups in total. The maximum absolute atomic E-state index is 13.2. The lowest BCUT2D eigenvalue weighted by Gasteiger charge is -2.18. The molecule has 2 heterocycles. The zero-order chi connectivity index (χ0) is 15.8. The second kappa shape index (κ2) is 4.90. The van der Waals surface area contributed by atoms with Crippen LogP contribution in [0.2, 0.25) is 0 Å². The van der Waals surface area contributed by atoms with Crippen molar-refractivity contribution in [2.24, 2.45) is 0 Å². The molecule has 0 aliphatic heterocycles. The summed E-state index contributed by atoms with van der Waals surface area (Å²) < 4.78 is 68.4. The molecule has 0 amide bonds. The third-order valence-corrected chi connectivity index (χ3v) is 2.40. The summed E-state index contributed by atoms with van der Waals surface area (Å²) in [6.07, 6.45) is -5.81. The van der Waals surface area contributed by atoms with Crippen molar-refractivity contribution in [2.75, 3.05) is 6.61 Å². The van der Waals surface area contributed by atoms with E-state index in [-0.39, 0.29) is 12.3 Å². The van der Waals surface area contributed by atoms with Crippen LogP contribution in [0, 0.1) is 0 Å². The van der Waals surface area contributed by atoms with Gasteiger partial charge in [0.2, 0.25) is 0 Å². The van der Waals surface area contributed by atoms with Crippen LogP contribution in [0.5, 0.6) is 0 Å². The van der Waals surface area contributed by atoms with Crippen molar-refractivity contribution in [3.05, 3.63) is 23.7 Å². The van der Waals surface area contributed by atoms with Gasteiger partial charge in [-0.05, 0) is 19.1 Å². The molecule has 6 nitrogen and oxygen atoms in total. The van der Waals surface area contributed by atoms with Crippen molar-refractivity contribution < 1.29 is 31.5 Å². The van der Waals surface area contributed by atoms with Crippen molar-refractivity contribution in [3.8, 4) is 0 Å². The average molecular weight is 310 g/mol. The summed E-state index contributed by atoms with van der Waals surface area (Å²) in [5, 5.41) is 9.88. The number of alkyl halides is 5. The fourth-order valence-corrected chi connectivity index (χ4v) is 1.42. The highest BCUT2D eigenvalue weighted by Gasteiger charge is 2.60. The molecule has 0 aliphatic carbocycles. The van der Waals surface area contributed by atoms with Crippen LogP contribution in [0.4, 0.5) is 22.0 Å². The number of rotatable bonds is 3. The number of ether oxygens (including phenoxy) is 1. The molecule has 21 heavy (non-hydrogen) atoms. The fraction of sp³-hybridized carbons (Fsp3) is 0.400. The highest BCUT2D eigenvalue weighted by molar-refractivity contribution is 5.86. The summed E-state index contributed by atoms with van der Waals surface area (Å²) in [7, 11) is 0. The van der Waals surface area contributed by atoms with Crippen molar-refractivity contribution in [1.82, 2.24) is 19.8 Å². The van der Waals surface area contributed by atoms with Crippen molar-refractivity contribution in [1.29, 1.82) is 0 Å². The molecule has 2 aromatic rings. The van der Waals surface area contributed by atoms with Gasteiger partial charge in [-0.1, -0.05) is 0 Å². The van der Waals surface area contributed by atoms with E-state index in [4.69, 9.17) is 0 Å². The first kappa shape index (κ1) is 15.1. The van der Waals surface area contributed by atoms with Gasteiger partial charge in [0.15, 0.2) is 5.65 Å². The van der Waals surface area contributed by atoms with E-state index < -0.39 is 29.6 Å². The predicted molar refractivity (Wildman–Crippen MR) is 56.7 cm³/mol. The molecule has 0 radical (unpaired) electrons. The van der Waals surface area contributed by atoms with Crippen molar-refractivity contribution in [2.45, 2.75) is 19.0 Å². The molecule has 0 aromatic carbocycles. The summed E-state index contributed by atoms with van der Waals surface area (Å²) >= 11 is 0. The van der Waals surface area contributed by atoms with E-state index in [9.17, 15) is 26.7 Å². The molecule has 0 spiro atoms. The van der Waals surface area contributed by atoms with Crippen LogP contribution in [0.1, 0.15) is 23.2 Å². The number of aromatic nitrogens is 4. The lowest BCUT2D eigenvalue weighted by atomic mass is 10.2. The number of hydrogen-bond donors (Lipinski definition) is 0. The Kier molecular flexibility index (Phi) is 3.51. The number of nitrogens with zero attached hydrogens (tertiary/aromatic N) is 4. The molecule has 0 fully saturated rings. The van der Waals surface area contributed by atoms with Crippen LogP contribution in [-0.4, -0.2) is 38.6 Å². The van der Waals surface area contributed by atoms with E-state index >= 15 is 0 Å². The lowest BCUT2D eigenvalue weighted by Crippen LogP contribution is -2.35. The minimum Gasteiger partial charge on any atom is -0.460 e. The van der Waals surface area contributed by atoms with Crippen LogP contribution in [0.25, 0.3) is 5.65 Å². The molecule has 0 aliphatic rings. The maximum atomic E-state index is 13.2. The summed E-state index contributed by atoms with van der Waals surface area (Å²) in [6, 6.07) is 1.31. The lowest BCUT2D eigenvalue weighted by molar-refractivity contribution is -0.291. The quantitative estimate of drug-likeness (QED) is 0.640. The summed E-state index contributed by atoms with van der Waals surface area (Å²) in [4.78, 5) is 11.5. The van der Waals surface area contributed by atoms with Gasteiger partial charge in [0.05, 0.1) is 6.61 Å². The zero-order valence-corrected chi connectivity index (χ0v) is 10.4. The second-order valence-corrected chi connectivity index (χ2v) is 3.80. The first-order valence-corrected chi connectivity index (χ1v) is 5.53. The van der Waals surface area contributed by atoms with E-state index in [1.165, 1.54) is 6.92 Å². The predicted octanol–water partition coefficient (Wildman–Crippen LogP) is 1.96. The Morgan fingerprint density at radius 2 is 1.90 bits per heavy atom. The van der Waals surface area contributed by atoms with E-state index in [1.807, 2.05) is 0 Å². The molecule has 2 rings (SSSR count). The third kappa shape index (κ3) is 2.50. The Bertz CT molecular complexity index is 682. The minimum absolute atomic E-state index is 0.0356. The molecule has 0 bridgehead atoms. The Morgan fingerprint density at radius 1 is 1.24 bits per heavy atom. The highest BCUT2D eigenvalue weighted by atomic mass is 19.4. The first-order chi connectivity index (χ1) is 9.68. The van der Waals surface area contributed by atoms with Gasteiger partial charge in [-0.25, -0.2) is 4.79 Å². The van der Waals surface area contributed by atoms with Gasteiger partial charge in [-0.2, -0.15) is 31.6 Å². The number of carbonyl (C=O) groups excluding carboxylic acids is 1. The van der Waals surface area contributed by atoms with Crippen molar-refractivity contribution in [3.63, 3.8) is 0 Å². The standard InChI is InChI=1S/C10H7F5N4O2/c1-2-21-8(20)7-17-16-6-4-3-5(18-19(6)7)9(11,12)10(13,14)15/h3-4H,2H2,1H3. The molecular weight excluding hydrogens is 303 g/mol. The molecule has 0 unspecified atom stereocenters. The van der Waals surface area contributed by atoms with Gasteiger partial charge in [0, 0.05) is 0 Å². The van der Waals surface area contributed by atoms with Gasteiger partial charge >= 0.3 is 18.1 Å². The molecule has 114 valence electrons. The summed E-state index contributed by atoms with van der Waals surface area (Å²) in [6.45, 7) is 1.45. The Balaban J connectivity index is 2.55. The van der Waals surface area contributed by atoms with Crippen LogP contribution in [-0.2, 0) is 10.7 Å². The monoisotopic (exact) mass is 310 g/mol. The van der Waals surface area contributed by atoms with Crippen LogP contribution in [0.15, 0.2) is 12.1 Å². The third-order valence-electron chi connectivity index (χ3n) is 2.40. The zero-order valence-electron chi connectivity index (χ0n) is 10.4. The minimum atomic E-state index is -5.81. The average Bonchev–Trinajstić information content (AvgIpc) is 2.80. The molecule has 0 saturated heterocycles. The van der Waals surface area contributed by atoms with E-state index in [2.05, 4.69) is 20.0 Å². The summed E-state index contributed by atoms with van der Waals surface area (Å²) in [5.74, 6) is -6.80. The number of halogens is 5. The Labute approximate surface area is 113 Å². The molecule has 11 heteroatoms. The van der Waals surface area contributed by atoms with Gasteiger partial charge in [0.1, 0.15) is 5.69 Å². The number of hydrogen-bond acceptors (Lipinski definition) is 5. The van der Waals surface area contributed by atoms with Crippen LogP contribution < -0.4 is 0 Å². The van der Waals surface area contributed by atoms with E-state index in [1.54, 1.807) is 0 Å². The molecule has 0 saturated carbocycles. The van der Waals surface area contributed by atoms with Crippen LogP contribution >= 0.6 is 0 Å². The largest absolute Gasteiger partial charge is 0.460 e. The van der Waals surface area contributed by atoms with E-state index in [0.717, 1.165) is 6.07 Å². The van der Waals surface area contributed by atoms with Gasteiger partial charge < -0.3 is 4.74 Å². The van der Waals surface area contributed by atoms with Gasteiger partial charge in [-0.15, -0.1) is 10.2 Å². The number of carbonyl (C=O) groups is 1. The maximum Gasteiger partial charge on any atom is 0.459 e. The van der Waals surface area contributed by atoms with Crippen LogP contribution in [0.3, 0.4) is 0 Å². The molecular formula is C10H7F5N4O2. The topological polar surface area (TPSA) is 69.4 Å². The highest BCUT2D eigenvalue weighted by Crippen LogP contribution is 2.42.